The molecule has 2 aromatic heterocycles. The van der Waals surface area contributed by atoms with Crippen molar-refractivity contribution in [3.05, 3.63) is 38.2 Å². The van der Waals surface area contributed by atoms with E-state index < -0.39 is 0 Å². The zero-order valence-electron chi connectivity index (χ0n) is 10.00. The number of aromatic amines is 1. The van der Waals surface area contributed by atoms with Gasteiger partial charge < -0.3 is 10.3 Å². The second-order valence-electron chi connectivity index (χ2n) is 3.92. The highest BCUT2D eigenvalue weighted by atomic mass is 32.1. The van der Waals surface area contributed by atoms with Crippen molar-refractivity contribution in [2.45, 2.75) is 27.3 Å². The largest absolute Gasteiger partial charge is 0.356 e. The maximum atomic E-state index is 11.8. The highest BCUT2D eigenvalue weighted by Crippen LogP contribution is 2.14. The first-order valence-electron chi connectivity index (χ1n) is 5.29. The van der Waals surface area contributed by atoms with Crippen molar-refractivity contribution >= 4 is 16.5 Å². The van der Waals surface area contributed by atoms with Crippen LogP contribution in [0.25, 0.3) is 0 Å². The lowest BCUT2D eigenvalue weighted by Gasteiger charge is -2.06. The van der Waals surface area contributed by atoms with Gasteiger partial charge in [0.1, 0.15) is 5.01 Å². The Morgan fingerprint density at radius 2 is 2.12 bits per heavy atom. The predicted octanol–water partition coefficient (Wildman–Crippen LogP) is 1.76. The molecule has 0 unspecified atom stereocenters. The molecule has 2 rings (SSSR count). The molecule has 2 heterocycles. The van der Waals surface area contributed by atoms with E-state index in [-0.39, 0.29) is 5.56 Å². The molecule has 90 valence electrons. The second kappa shape index (κ2) is 4.67. The minimum Gasteiger partial charge on any atom is -0.356 e. The summed E-state index contributed by atoms with van der Waals surface area (Å²) in [4.78, 5) is 14.6. The summed E-state index contributed by atoms with van der Waals surface area (Å²) < 4.78 is 0. The van der Waals surface area contributed by atoms with Gasteiger partial charge in [-0.15, -0.1) is 10.2 Å². The molecule has 2 N–H and O–H groups in total. The monoisotopic (exact) mass is 250 g/mol. The number of anilines is 1. The molecule has 0 amide bonds. The third-order valence-corrected chi connectivity index (χ3v) is 3.23. The average molecular weight is 250 g/mol. The molecule has 0 aromatic carbocycles. The molecule has 0 fully saturated rings. The first-order valence-corrected chi connectivity index (χ1v) is 6.11. The average Bonchev–Trinajstić information content (AvgIpc) is 2.62. The third kappa shape index (κ3) is 2.71. The fourth-order valence-corrected chi connectivity index (χ4v) is 2.22. The standard InChI is InChI=1S/C11H14N4OS/c1-6-4-7(2)13-10(16)9(6)5-12-11-15-14-8(3)17-11/h4H,5H2,1-3H3,(H,12,15)(H,13,16). The molecule has 0 spiro atoms. The quantitative estimate of drug-likeness (QED) is 0.871. The van der Waals surface area contributed by atoms with Crippen LogP contribution in [0.2, 0.25) is 0 Å². The van der Waals surface area contributed by atoms with E-state index in [1.807, 2.05) is 26.8 Å². The number of nitrogens with zero attached hydrogens (tertiary/aromatic N) is 2. The summed E-state index contributed by atoms with van der Waals surface area (Å²) in [6, 6.07) is 1.96. The van der Waals surface area contributed by atoms with Crippen LogP contribution in [0.1, 0.15) is 21.8 Å². The van der Waals surface area contributed by atoms with Crippen molar-refractivity contribution in [3.8, 4) is 0 Å². The van der Waals surface area contributed by atoms with Crippen LogP contribution < -0.4 is 10.9 Å². The fraction of sp³-hybridized carbons (Fsp3) is 0.364. The maximum Gasteiger partial charge on any atom is 0.253 e. The molecule has 0 saturated carbocycles. The van der Waals surface area contributed by atoms with Crippen LogP contribution in [-0.4, -0.2) is 15.2 Å². The van der Waals surface area contributed by atoms with E-state index in [1.165, 1.54) is 11.3 Å². The third-order valence-electron chi connectivity index (χ3n) is 2.44. The van der Waals surface area contributed by atoms with E-state index in [1.54, 1.807) is 0 Å². The van der Waals surface area contributed by atoms with E-state index in [9.17, 15) is 4.79 Å². The van der Waals surface area contributed by atoms with Gasteiger partial charge in [-0.2, -0.15) is 0 Å². The van der Waals surface area contributed by atoms with Gasteiger partial charge in [0.25, 0.3) is 5.56 Å². The lowest BCUT2D eigenvalue weighted by atomic mass is 10.1. The van der Waals surface area contributed by atoms with Crippen molar-refractivity contribution < 1.29 is 0 Å². The van der Waals surface area contributed by atoms with Gasteiger partial charge in [-0.3, -0.25) is 4.79 Å². The Balaban J connectivity index is 2.17. The van der Waals surface area contributed by atoms with E-state index in [0.29, 0.717) is 6.54 Å². The number of aromatic nitrogens is 3. The highest BCUT2D eigenvalue weighted by molar-refractivity contribution is 7.15. The lowest BCUT2D eigenvalue weighted by molar-refractivity contribution is 0.988. The first-order chi connectivity index (χ1) is 8.06. The zero-order chi connectivity index (χ0) is 12.4. The minimum absolute atomic E-state index is 0.0452. The van der Waals surface area contributed by atoms with Crippen molar-refractivity contribution in [1.82, 2.24) is 15.2 Å². The number of H-pyrrole nitrogens is 1. The van der Waals surface area contributed by atoms with Gasteiger partial charge in [-0.05, 0) is 32.4 Å². The molecule has 0 radical (unpaired) electrons. The molecular formula is C11H14N4OS. The molecule has 0 aliphatic rings. The van der Waals surface area contributed by atoms with Crippen LogP contribution in [-0.2, 0) is 6.54 Å². The lowest BCUT2D eigenvalue weighted by Crippen LogP contribution is -2.18. The number of rotatable bonds is 3. The van der Waals surface area contributed by atoms with Gasteiger partial charge in [-0.1, -0.05) is 11.3 Å². The summed E-state index contributed by atoms with van der Waals surface area (Å²) in [6.45, 7) is 6.17. The van der Waals surface area contributed by atoms with Crippen molar-refractivity contribution in [2.24, 2.45) is 0 Å². The Kier molecular flexibility index (Phi) is 3.23. The Hall–Kier alpha value is -1.69. The second-order valence-corrected chi connectivity index (χ2v) is 5.10. The number of aryl methyl sites for hydroxylation is 3. The van der Waals surface area contributed by atoms with E-state index in [0.717, 1.165) is 27.0 Å². The number of hydrogen-bond donors (Lipinski definition) is 2. The fourth-order valence-electron chi connectivity index (χ4n) is 1.63. The smallest absolute Gasteiger partial charge is 0.253 e. The van der Waals surface area contributed by atoms with Crippen LogP contribution in [0.4, 0.5) is 5.13 Å². The number of pyridine rings is 1. The van der Waals surface area contributed by atoms with Gasteiger partial charge in [0, 0.05) is 17.8 Å². The Labute approximate surface area is 103 Å². The topological polar surface area (TPSA) is 70.7 Å². The Morgan fingerprint density at radius 3 is 2.71 bits per heavy atom. The van der Waals surface area contributed by atoms with Crippen LogP contribution in [0, 0.1) is 20.8 Å². The van der Waals surface area contributed by atoms with Crippen molar-refractivity contribution in [1.29, 1.82) is 0 Å². The molecule has 6 heteroatoms. The van der Waals surface area contributed by atoms with Gasteiger partial charge in [0.2, 0.25) is 5.13 Å². The number of hydrogen-bond acceptors (Lipinski definition) is 5. The Morgan fingerprint density at radius 1 is 1.35 bits per heavy atom. The number of nitrogens with one attached hydrogen (secondary N) is 2. The van der Waals surface area contributed by atoms with Crippen LogP contribution in [0.3, 0.4) is 0 Å². The van der Waals surface area contributed by atoms with E-state index in [2.05, 4.69) is 20.5 Å². The summed E-state index contributed by atoms with van der Waals surface area (Å²) in [5.41, 5.74) is 2.56. The zero-order valence-corrected chi connectivity index (χ0v) is 10.8. The summed E-state index contributed by atoms with van der Waals surface area (Å²) >= 11 is 1.48. The van der Waals surface area contributed by atoms with Gasteiger partial charge >= 0.3 is 0 Å². The molecule has 0 saturated heterocycles. The molecule has 0 atom stereocenters. The van der Waals surface area contributed by atoms with Crippen LogP contribution >= 0.6 is 11.3 Å². The maximum absolute atomic E-state index is 11.8. The molecule has 17 heavy (non-hydrogen) atoms. The van der Waals surface area contributed by atoms with Crippen molar-refractivity contribution in [2.75, 3.05) is 5.32 Å². The Bertz CT molecular complexity index is 587. The molecule has 0 aliphatic carbocycles. The van der Waals surface area contributed by atoms with E-state index >= 15 is 0 Å². The first kappa shape index (κ1) is 11.8. The molecule has 2 aromatic rings. The van der Waals surface area contributed by atoms with Gasteiger partial charge in [0.05, 0.1) is 0 Å². The van der Waals surface area contributed by atoms with Crippen LogP contribution in [0.5, 0.6) is 0 Å². The molecule has 0 aliphatic heterocycles. The summed E-state index contributed by atoms with van der Waals surface area (Å²) in [5, 5.41) is 12.6. The summed E-state index contributed by atoms with van der Waals surface area (Å²) in [5.74, 6) is 0. The van der Waals surface area contributed by atoms with Crippen molar-refractivity contribution in [3.63, 3.8) is 0 Å². The van der Waals surface area contributed by atoms with Crippen LogP contribution in [0.15, 0.2) is 10.9 Å². The summed E-state index contributed by atoms with van der Waals surface area (Å²) in [7, 11) is 0. The van der Waals surface area contributed by atoms with Gasteiger partial charge in [0.15, 0.2) is 0 Å². The van der Waals surface area contributed by atoms with E-state index in [4.69, 9.17) is 0 Å². The normalized spacial score (nSPS) is 10.5. The summed E-state index contributed by atoms with van der Waals surface area (Å²) in [6.07, 6.45) is 0. The molecule has 0 bridgehead atoms. The SMILES string of the molecule is Cc1cc(C)c(CNc2nnc(C)s2)c(=O)[nH]1. The predicted molar refractivity (Wildman–Crippen MR) is 68.5 cm³/mol. The highest BCUT2D eigenvalue weighted by Gasteiger charge is 2.06. The molecule has 5 nitrogen and oxygen atoms in total. The minimum atomic E-state index is -0.0452. The van der Waals surface area contributed by atoms with Gasteiger partial charge in [-0.25, -0.2) is 0 Å². The molecular weight excluding hydrogens is 236 g/mol.